The van der Waals surface area contributed by atoms with Crippen molar-refractivity contribution in [1.29, 1.82) is 0 Å². The van der Waals surface area contributed by atoms with E-state index in [-0.39, 0.29) is 30.7 Å². The maximum absolute atomic E-state index is 13.7. The van der Waals surface area contributed by atoms with Crippen LogP contribution >= 0.6 is 0 Å². The fourth-order valence-electron chi connectivity index (χ4n) is 2.17. The fraction of sp³-hybridized carbons (Fsp3) is 0.500. The second-order valence-corrected chi connectivity index (χ2v) is 6.21. The molecule has 4 nitrogen and oxygen atoms in total. The normalized spacial score (nSPS) is 14.8. The highest BCUT2D eigenvalue weighted by Gasteiger charge is 2.37. The zero-order chi connectivity index (χ0) is 15.6. The summed E-state index contributed by atoms with van der Waals surface area (Å²) in [5.41, 5.74) is -0.648. The minimum atomic E-state index is -1.11. The first-order valence-corrected chi connectivity index (χ1v) is 7.07. The summed E-state index contributed by atoms with van der Waals surface area (Å²) in [6.45, 7) is 3.26. The Hall–Kier alpha value is -1.91. The Morgan fingerprint density at radius 1 is 1.33 bits per heavy atom. The van der Waals surface area contributed by atoms with E-state index in [1.165, 1.54) is 19.9 Å². The van der Waals surface area contributed by atoms with Crippen LogP contribution in [0.15, 0.2) is 24.3 Å². The summed E-state index contributed by atoms with van der Waals surface area (Å²) in [6.07, 6.45) is 1.72. The van der Waals surface area contributed by atoms with E-state index in [9.17, 15) is 14.0 Å². The Bertz CT molecular complexity index is 552. The number of amides is 1. The van der Waals surface area contributed by atoms with Gasteiger partial charge in [-0.05, 0) is 32.8 Å². The first-order chi connectivity index (χ1) is 9.81. The topological polar surface area (TPSA) is 57.6 Å². The Balaban J connectivity index is 2.11. The first kappa shape index (κ1) is 15.5. The average molecular weight is 293 g/mol. The average Bonchev–Trinajstić information content (AvgIpc) is 3.21. The third-order valence-corrected chi connectivity index (χ3v) is 3.78. The first-order valence-electron chi connectivity index (χ1n) is 7.07. The molecule has 1 aromatic rings. The molecule has 0 unspecified atom stereocenters. The van der Waals surface area contributed by atoms with E-state index in [4.69, 9.17) is 5.11 Å². The smallest absolute Gasteiger partial charge is 0.309 e. The summed E-state index contributed by atoms with van der Waals surface area (Å²) >= 11 is 0. The van der Waals surface area contributed by atoms with Gasteiger partial charge in [0.25, 0.3) is 0 Å². The lowest BCUT2D eigenvalue weighted by molar-refractivity contribution is -0.151. The van der Waals surface area contributed by atoms with Gasteiger partial charge in [-0.25, -0.2) is 4.39 Å². The number of hydrogen-bond donors (Lipinski definition) is 1. The molecular weight excluding hydrogens is 273 g/mol. The van der Waals surface area contributed by atoms with Crippen LogP contribution in [0.1, 0.15) is 38.7 Å². The van der Waals surface area contributed by atoms with Crippen LogP contribution in [0.5, 0.6) is 0 Å². The van der Waals surface area contributed by atoms with Gasteiger partial charge >= 0.3 is 5.97 Å². The predicted octanol–water partition coefficient (Wildman–Crippen LogP) is 2.82. The van der Waals surface area contributed by atoms with Crippen LogP contribution in [-0.4, -0.2) is 27.9 Å². The van der Waals surface area contributed by atoms with Gasteiger partial charge < -0.3 is 10.0 Å². The Labute approximate surface area is 123 Å². The van der Waals surface area contributed by atoms with Crippen molar-refractivity contribution in [2.24, 2.45) is 5.41 Å². The van der Waals surface area contributed by atoms with E-state index in [2.05, 4.69) is 0 Å². The quantitative estimate of drug-likeness (QED) is 0.877. The molecule has 0 aliphatic heterocycles. The number of carbonyl (C=O) groups excluding carboxylic acids is 1. The molecule has 1 aromatic carbocycles. The molecule has 1 fully saturated rings. The number of carboxylic acids is 1. The van der Waals surface area contributed by atoms with Gasteiger partial charge in [0, 0.05) is 24.6 Å². The molecule has 114 valence electrons. The van der Waals surface area contributed by atoms with E-state index in [1.807, 2.05) is 0 Å². The van der Waals surface area contributed by atoms with Crippen molar-refractivity contribution in [1.82, 2.24) is 4.90 Å². The van der Waals surface area contributed by atoms with Gasteiger partial charge in [0.1, 0.15) is 5.82 Å². The minimum Gasteiger partial charge on any atom is -0.481 e. The molecule has 0 aromatic heterocycles. The third kappa shape index (κ3) is 3.80. The zero-order valence-electron chi connectivity index (χ0n) is 12.3. The van der Waals surface area contributed by atoms with Gasteiger partial charge in [0.2, 0.25) is 5.91 Å². The number of nitrogens with zero attached hydrogens (tertiary/aromatic N) is 1. The maximum Gasteiger partial charge on any atom is 0.309 e. The molecule has 1 aliphatic rings. The van der Waals surface area contributed by atoms with Crippen LogP contribution < -0.4 is 0 Å². The van der Waals surface area contributed by atoms with Gasteiger partial charge in [-0.2, -0.15) is 0 Å². The molecule has 1 N–H and O–H groups in total. The van der Waals surface area contributed by atoms with Crippen molar-refractivity contribution in [3.63, 3.8) is 0 Å². The summed E-state index contributed by atoms with van der Waals surface area (Å²) in [5.74, 6) is -1.57. The summed E-state index contributed by atoms with van der Waals surface area (Å²) in [7, 11) is 0. The van der Waals surface area contributed by atoms with Crippen molar-refractivity contribution >= 4 is 11.9 Å². The van der Waals surface area contributed by atoms with E-state index in [1.54, 1.807) is 23.1 Å². The maximum atomic E-state index is 13.7. The number of aliphatic carboxylic acids is 1. The Morgan fingerprint density at radius 3 is 2.48 bits per heavy atom. The second-order valence-electron chi connectivity index (χ2n) is 6.21. The van der Waals surface area contributed by atoms with Gasteiger partial charge in [0.05, 0.1) is 5.41 Å². The van der Waals surface area contributed by atoms with Crippen LogP contribution in [0, 0.1) is 11.2 Å². The lowest BCUT2D eigenvalue weighted by Crippen LogP contribution is -2.38. The summed E-state index contributed by atoms with van der Waals surface area (Å²) in [5, 5.41) is 9.13. The summed E-state index contributed by atoms with van der Waals surface area (Å²) in [6, 6.07) is 6.47. The number of carboxylic acid groups (broad SMARTS) is 1. The van der Waals surface area contributed by atoms with Gasteiger partial charge in [0.15, 0.2) is 0 Å². The number of hydrogen-bond acceptors (Lipinski definition) is 2. The molecule has 5 heteroatoms. The largest absolute Gasteiger partial charge is 0.481 e. The lowest BCUT2D eigenvalue weighted by Gasteiger charge is -2.27. The molecule has 0 spiro atoms. The van der Waals surface area contributed by atoms with Crippen molar-refractivity contribution in [2.45, 2.75) is 45.7 Å². The molecule has 21 heavy (non-hydrogen) atoms. The summed E-state index contributed by atoms with van der Waals surface area (Å²) in [4.78, 5) is 25.2. The fourth-order valence-corrected chi connectivity index (χ4v) is 2.17. The highest BCUT2D eigenvalue weighted by Crippen LogP contribution is 2.31. The van der Waals surface area contributed by atoms with Crippen molar-refractivity contribution in [3.05, 3.63) is 35.6 Å². The zero-order valence-corrected chi connectivity index (χ0v) is 12.3. The molecular formula is C16H20FNO3. The number of rotatable bonds is 6. The van der Waals surface area contributed by atoms with Gasteiger partial charge in [-0.3, -0.25) is 9.59 Å². The van der Waals surface area contributed by atoms with Crippen LogP contribution in [0.25, 0.3) is 0 Å². The number of benzene rings is 1. The molecule has 0 saturated heterocycles. The van der Waals surface area contributed by atoms with Gasteiger partial charge in [-0.1, -0.05) is 18.2 Å². The SMILES string of the molecule is CC(C)(CC(=O)N(Cc1ccccc1F)C1CC1)C(=O)O. The third-order valence-electron chi connectivity index (χ3n) is 3.78. The van der Waals surface area contributed by atoms with Crippen LogP contribution in [0.3, 0.4) is 0 Å². The van der Waals surface area contributed by atoms with Crippen molar-refractivity contribution < 1.29 is 19.1 Å². The van der Waals surface area contributed by atoms with E-state index < -0.39 is 11.4 Å². The molecule has 0 atom stereocenters. The van der Waals surface area contributed by atoms with Crippen LogP contribution in [0.2, 0.25) is 0 Å². The standard InChI is InChI=1S/C16H20FNO3/c1-16(2,15(20)21)9-14(19)18(12-7-8-12)10-11-5-3-4-6-13(11)17/h3-6,12H,7-10H2,1-2H3,(H,20,21). The molecule has 1 saturated carbocycles. The van der Waals surface area contributed by atoms with Gasteiger partial charge in [-0.15, -0.1) is 0 Å². The molecule has 0 bridgehead atoms. The Morgan fingerprint density at radius 2 is 1.95 bits per heavy atom. The van der Waals surface area contributed by atoms with Crippen molar-refractivity contribution in [3.8, 4) is 0 Å². The monoisotopic (exact) mass is 293 g/mol. The minimum absolute atomic E-state index is 0.0761. The second kappa shape index (κ2) is 5.84. The number of halogens is 1. The van der Waals surface area contributed by atoms with E-state index in [0.29, 0.717) is 5.56 Å². The molecule has 0 heterocycles. The Kier molecular flexibility index (Phi) is 4.30. The van der Waals surface area contributed by atoms with Crippen molar-refractivity contribution in [2.75, 3.05) is 0 Å². The lowest BCUT2D eigenvalue weighted by atomic mass is 9.89. The predicted molar refractivity (Wildman–Crippen MR) is 76.0 cm³/mol. The molecule has 2 rings (SSSR count). The van der Waals surface area contributed by atoms with Crippen LogP contribution in [0.4, 0.5) is 4.39 Å². The molecule has 0 radical (unpaired) electrons. The van der Waals surface area contributed by atoms with E-state index in [0.717, 1.165) is 12.8 Å². The molecule has 1 amide bonds. The van der Waals surface area contributed by atoms with E-state index >= 15 is 0 Å². The summed E-state index contributed by atoms with van der Waals surface area (Å²) < 4.78 is 13.7. The highest BCUT2D eigenvalue weighted by molar-refractivity contribution is 5.84. The number of carbonyl (C=O) groups is 2. The van der Waals surface area contributed by atoms with Crippen LogP contribution in [-0.2, 0) is 16.1 Å². The highest BCUT2D eigenvalue weighted by atomic mass is 19.1. The molecule has 1 aliphatic carbocycles.